The number of nitrogens with zero attached hydrogens (tertiary/aromatic N) is 4. The zero-order valence-electron chi connectivity index (χ0n) is 18.4. The predicted octanol–water partition coefficient (Wildman–Crippen LogP) is 2.36. The van der Waals surface area contributed by atoms with Crippen LogP contribution < -0.4 is 20.1 Å². The standard InChI is InChI=1S/C22H34N6O2/c1-4-23-22(24-13-11-17-9-10-18(29-2)19(16-17)30-3)25-14-12-21-27-26-20-8-6-5-7-15-28(20)21/h9-10,16H,4-8,11-15H2,1-3H3,(H2,23,24,25). The molecule has 8 nitrogen and oxygen atoms in total. The molecule has 0 saturated heterocycles. The van der Waals surface area contributed by atoms with Crippen molar-refractivity contribution in [1.82, 2.24) is 25.4 Å². The molecule has 0 radical (unpaired) electrons. The van der Waals surface area contributed by atoms with Gasteiger partial charge in [-0.25, -0.2) is 0 Å². The number of aromatic nitrogens is 3. The van der Waals surface area contributed by atoms with Gasteiger partial charge in [0.1, 0.15) is 11.6 Å². The van der Waals surface area contributed by atoms with Gasteiger partial charge in [-0.1, -0.05) is 12.5 Å². The number of methoxy groups -OCH3 is 2. The SMILES string of the molecule is CCNC(=NCCc1nnc2n1CCCCC2)NCCc1ccc(OC)c(OC)c1. The molecule has 0 amide bonds. The van der Waals surface area contributed by atoms with E-state index in [0.717, 1.165) is 68.0 Å². The van der Waals surface area contributed by atoms with E-state index in [-0.39, 0.29) is 0 Å². The molecule has 0 fully saturated rings. The Kier molecular flexibility index (Phi) is 8.35. The van der Waals surface area contributed by atoms with Crippen LogP contribution in [0.25, 0.3) is 0 Å². The van der Waals surface area contributed by atoms with Gasteiger partial charge in [-0.15, -0.1) is 10.2 Å². The highest BCUT2D eigenvalue weighted by Crippen LogP contribution is 2.27. The summed E-state index contributed by atoms with van der Waals surface area (Å²) in [5.74, 6) is 4.51. The number of rotatable bonds is 9. The molecule has 1 aromatic carbocycles. The van der Waals surface area contributed by atoms with Crippen LogP contribution >= 0.6 is 0 Å². The third-order valence-corrected chi connectivity index (χ3v) is 5.29. The van der Waals surface area contributed by atoms with Crippen molar-refractivity contribution in [3.63, 3.8) is 0 Å². The van der Waals surface area contributed by atoms with Crippen molar-refractivity contribution in [3.05, 3.63) is 35.4 Å². The Morgan fingerprint density at radius 1 is 1.07 bits per heavy atom. The summed E-state index contributed by atoms with van der Waals surface area (Å²) in [4.78, 5) is 4.72. The lowest BCUT2D eigenvalue weighted by Gasteiger charge is -2.13. The second-order valence-electron chi connectivity index (χ2n) is 7.37. The molecule has 0 saturated carbocycles. The van der Waals surface area contributed by atoms with Crippen LogP contribution in [-0.4, -0.2) is 54.6 Å². The summed E-state index contributed by atoms with van der Waals surface area (Å²) in [6.45, 7) is 5.39. The van der Waals surface area contributed by atoms with Crippen LogP contribution in [0.1, 0.15) is 43.4 Å². The monoisotopic (exact) mass is 414 g/mol. The highest BCUT2D eigenvalue weighted by atomic mass is 16.5. The summed E-state index contributed by atoms with van der Waals surface area (Å²) >= 11 is 0. The number of fused-ring (bicyclic) bond motifs is 1. The van der Waals surface area contributed by atoms with Crippen molar-refractivity contribution in [1.29, 1.82) is 0 Å². The second kappa shape index (κ2) is 11.4. The second-order valence-corrected chi connectivity index (χ2v) is 7.37. The zero-order chi connectivity index (χ0) is 21.2. The molecule has 3 rings (SSSR count). The molecule has 1 aromatic heterocycles. The van der Waals surface area contributed by atoms with Gasteiger partial charge >= 0.3 is 0 Å². The summed E-state index contributed by atoms with van der Waals surface area (Å²) in [5.41, 5.74) is 1.18. The number of ether oxygens (including phenoxy) is 2. The Morgan fingerprint density at radius 3 is 2.73 bits per heavy atom. The van der Waals surface area contributed by atoms with Crippen LogP contribution in [0.2, 0.25) is 0 Å². The zero-order valence-corrected chi connectivity index (χ0v) is 18.4. The number of aryl methyl sites for hydroxylation is 1. The van der Waals surface area contributed by atoms with E-state index in [4.69, 9.17) is 14.5 Å². The van der Waals surface area contributed by atoms with E-state index in [1.807, 2.05) is 12.1 Å². The Labute approximate surface area is 179 Å². The molecule has 30 heavy (non-hydrogen) atoms. The van der Waals surface area contributed by atoms with E-state index in [1.54, 1.807) is 14.2 Å². The first-order chi connectivity index (χ1) is 14.7. The number of aliphatic imine (C=N–C) groups is 1. The molecule has 164 valence electrons. The summed E-state index contributed by atoms with van der Waals surface area (Å²) < 4.78 is 13.0. The molecule has 0 atom stereocenters. The maximum Gasteiger partial charge on any atom is 0.191 e. The topological polar surface area (TPSA) is 85.6 Å². The molecule has 2 N–H and O–H groups in total. The van der Waals surface area contributed by atoms with Gasteiger partial charge < -0.3 is 24.7 Å². The lowest BCUT2D eigenvalue weighted by Crippen LogP contribution is -2.38. The van der Waals surface area contributed by atoms with Gasteiger partial charge in [0.05, 0.1) is 14.2 Å². The van der Waals surface area contributed by atoms with Crippen LogP contribution in [0.3, 0.4) is 0 Å². The van der Waals surface area contributed by atoms with Crippen LogP contribution in [0.15, 0.2) is 23.2 Å². The van der Waals surface area contributed by atoms with E-state index in [1.165, 1.54) is 24.8 Å². The third-order valence-electron chi connectivity index (χ3n) is 5.29. The number of nitrogens with one attached hydrogen (secondary N) is 2. The van der Waals surface area contributed by atoms with Gasteiger partial charge in [0, 0.05) is 39.0 Å². The van der Waals surface area contributed by atoms with E-state index in [2.05, 4.69) is 38.4 Å². The maximum atomic E-state index is 5.38. The van der Waals surface area contributed by atoms with Gasteiger partial charge in [-0.3, -0.25) is 4.99 Å². The Hall–Kier alpha value is -2.77. The molecular formula is C22H34N6O2. The van der Waals surface area contributed by atoms with Crippen molar-refractivity contribution in [3.8, 4) is 11.5 Å². The minimum Gasteiger partial charge on any atom is -0.493 e. The molecule has 0 unspecified atom stereocenters. The number of hydrogen-bond donors (Lipinski definition) is 2. The van der Waals surface area contributed by atoms with E-state index in [9.17, 15) is 0 Å². The van der Waals surface area contributed by atoms with Gasteiger partial charge in [-0.2, -0.15) is 0 Å². The number of hydrogen-bond acceptors (Lipinski definition) is 5. The Morgan fingerprint density at radius 2 is 1.93 bits per heavy atom. The van der Waals surface area contributed by atoms with Crippen molar-refractivity contribution >= 4 is 5.96 Å². The minimum atomic E-state index is 0.684. The quantitative estimate of drug-likeness (QED) is 0.484. The summed E-state index contributed by atoms with van der Waals surface area (Å²) in [5, 5.41) is 15.5. The fraction of sp³-hybridized carbons (Fsp3) is 0.591. The Balaban J connectivity index is 1.52. The van der Waals surface area contributed by atoms with E-state index >= 15 is 0 Å². The maximum absolute atomic E-state index is 5.38. The van der Waals surface area contributed by atoms with Crippen LogP contribution in [0.4, 0.5) is 0 Å². The fourth-order valence-corrected chi connectivity index (χ4v) is 3.70. The molecule has 8 heteroatoms. The van der Waals surface area contributed by atoms with Crippen LogP contribution in [0.5, 0.6) is 11.5 Å². The first-order valence-corrected chi connectivity index (χ1v) is 10.9. The lowest BCUT2D eigenvalue weighted by molar-refractivity contribution is 0.354. The smallest absolute Gasteiger partial charge is 0.191 e. The highest BCUT2D eigenvalue weighted by Gasteiger charge is 2.14. The molecule has 0 bridgehead atoms. The largest absolute Gasteiger partial charge is 0.493 e. The first-order valence-electron chi connectivity index (χ1n) is 10.9. The van der Waals surface area contributed by atoms with Crippen molar-refractivity contribution < 1.29 is 9.47 Å². The molecule has 1 aliphatic heterocycles. The molecule has 2 heterocycles. The molecular weight excluding hydrogens is 380 g/mol. The molecule has 0 aliphatic carbocycles. The van der Waals surface area contributed by atoms with Crippen LogP contribution in [-0.2, 0) is 25.8 Å². The highest BCUT2D eigenvalue weighted by molar-refractivity contribution is 5.79. The van der Waals surface area contributed by atoms with E-state index < -0.39 is 0 Å². The third kappa shape index (κ3) is 5.87. The summed E-state index contributed by atoms with van der Waals surface area (Å²) in [6.07, 6.45) is 6.40. The molecule has 2 aromatic rings. The van der Waals surface area contributed by atoms with Crippen molar-refractivity contribution in [2.75, 3.05) is 33.9 Å². The fourth-order valence-electron chi connectivity index (χ4n) is 3.70. The normalized spacial score (nSPS) is 14.0. The average Bonchev–Trinajstić information content (AvgIpc) is 2.99. The van der Waals surface area contributed by atoms with Gasteiger partial charge in [-0.05, 0) is 43.9 Å². The molecule has 1 aliphatic rings. The summed E-state index contributed by atoms with van der Waals surface area (Å²) in [7, 11) is 3.30. The Bertz CT molecular complexity index is 833. The van der Waals surface area contributed by atoms with Gasteiger partial charge in [0.25, 0.3) is 0 Å². The summed E-state index contributed by atoms with van der Waals surface area (Å²) in [6, 6.07) is 6.01. The predicted molar refractivity (Wildman–Crippen MR) is 119 cm³/mol. The number of guanidine groups is 1. The van der Waals surface area contributed by atoms with E-state index in [0.29, 0.717) is 6.54 Å². The van der Waals surface area contributed by atoms with Gasteiger partial charge in [0.15, 0.2) is 17.5 Å². The van der Waals surface area contributed by atoms with Crippen molar-refractivity contribution in [2.45, 2.75) is 52.0 Å². The minimum absolute atomic E-state index is 0.684. The van der Waals surface area contributed by atoms with Crippen LogP contribution in [0, 0.1) is 0 Å². The molecule has 0 spiro atoms. The number of benzene rings is 1. The van der Waals surface area contributed by atoms with Gasteiger partial charge in [0.2, 0.25) is 0 Å². The average molecular weight is 415 g/mol. The lowest BCUT2D eigenvalue weighted by atomic mass is 10.1. The first kappa shape index (κ1) is 21.9. The van der Waals surface area contributed by atoms with Crippen molar-refractivity contribution in [2.24, 2.45) is 4.99 Å².